The molecule has 3 nitrogen and oxygen atoms in total. The predicted octanol–water partition coefficient (Wildman–Crippen LogP) is 2.58. The van der Waals surface area contributed by atoms with Gasteiger partial charge >= 0.3 is 0 Å². The molecule has 0 amide bonds. The van der Waals surface area contributed by atoms with E-state index in [0.29, 0.717) is 17.7 Å². The van der Waals surface area contributed by atoms with E-state index in [2.05, 4.69) is 6.07 Å². The molecule has 1 unspecified atom stereocenters. The van der Waals surface area contributed by atoms with Gasteiger partial charge in [0.2, 0.25) is 0 Å². The molecule has 4 heteroatoms. The number of benzene rings is 1. The number of nitriles is 2. The number of piperidine rings is 1. The van der Waals surface area contributed by atoms with E-state index in [1.807, 2.05) is 11.0 Å². The molecule has 0 saturated carbocycles. The van der Waals surface area contributed by atoms with Crippen molar-refractivity contribution >= 4 is 0 Å². The molecule has 1 fully saturated rings. The average Bonchev–Trinajstić information content (AvgIpc) is 2.42. The Morgan fingerprint density at radius 3 is 2.89 bits per heavy atom. The standard InChI is InChI=1S/C14H14FN3/c15-14-5-4-11(8-16)7-12(14)10-18-6-2-1-3-13(18)9-17/h4-5,7,13H,1-3,6,10H2. The minimum Gasteiger partial charge on any atom is -0.284 e. The van der Waals surface area contributed by atoms with Crippen molar-refractivity contribution in [3.05, 3.63) is 35.1 Å². The van der Waals surface area contributed by atoms with Crippen LogP contribution in [0.3, 0.4) is 0 Å². The molecule has 1 aromatic rings. The minimum atomic E-state index is -0.309. The second-order valence-corrected chi connectivity index (χ2v) is 4.53. The Labute approximate surface area is 106 Å². The first kappa shape index (κ1) is 12.5. The van der Waals surface area contributed by atoms with Gasteiger partial charge in [-0.1, -0.05) is 0 Å². The van der Waals surface area contributed by atoms with Crippen molar-refractivity contribution in [2.75, 3.05) is 6.54 Å². The molecule has 92 valence electrons. The van der Waals surface area contributed by atoms with Crippen LogP contribution in [-0.2, 0) is 6.54 Å². The van der Waals surface area contributed by atoms with E-state index in [-0.39, 0.29) is 11.9 Å². The zero-order valence-electron chi connectivity index (χ0n) is 10.1. The molecule has 0 aliphatic carbocycles. The van der Waals surface area contributed by atoms with E-state index in [4.69, 9.17) is 10.5 Å². The van der Waals surface area contributed by atoms with Crippen molar-refractivity contribution < 1.29 is 4.39 Å². The second-order valence-electron chi connectivity index (χ2n) is 4.53. The van der Waals surface area contributed by atoms with Gasteiger partial charge in [-0.25, -0.2) is 4.39 Å². The van der Waals surface area contributed by atoms with Gasteiger partial charge in [0.15, 0.2) is 0 Å². The first-order chi connectivity index (χ1) is 8.74. The number of hydrogen-bond acceptors (Lipinski definition) is 3. The molecule has 1 aromatic carbocycles. The fourth-order valence-corrected chi connectivity index (χ4v) is 2.31. The highest BCUT2D eigenvalue weighted by Crippen LogP contribution is 2.20. The molecule has 18 heavy (non-hydrogen) atoms. The van der Waals surface area contributed by atoms with E-state index in [1.54, 1.807) is 6.07 Å². The Hall–Kier alpha value is -1.91. The van der Waals surface area contributed by atoms with Crippen LogP contribution in [0.1, 0.15) is 30.4 Å². The number of likely N-dealkylation sites (tertiary alicyclic amines) is 1. The third-order valence-electron chi connectivity index (χ3n) is 3.31. The van der Waals surface area contributed by atoms with Crippen LogP contribution in [0.5, 0.6) is 0 Å². The molecule has 0 aromatic heterocycles. The van der Waals surface area contributed by atoms with Gasteiger partial charge in [-0.3, -0.25) is 4.90 Å². The Morgan fingerprint density at radius 1 is 1.33 bits per heavy atom. The normalized spacial score (nSPS) is 20.1. The summed E-state index contributed by atoms with van der Waals surface area (Å²) in [5, 5.41) is 17.9. The van der Waals surface area contributed by atoms with Gasteiger partial charge in [-0.15, -0.1) is 0 Å². The molecular formula is C14H14FN3. The lowest BCUT2D eigenvalue weighted by atomic mass is 10.0. The molecule has 1 aliphatic heterocycles. The van der Waals surface area contributed by atoms with Gasteiger partial charge in [0.25, 0.3) is 0 Å². The second kappa shape index (κ2) is 5.62. The quantitative estimate of drug-likeness (QED) is 0.802. The van der Waals surface area contributed by atoms with E-state index in [9.17, 15) is 4.39 Å². The van der Waals surface area contributed by atoms with Gasteiger partial charge in [0, 0.05) is 12.1 Å². The summed E-state index contributed by atoms with van der Waals surface area (Å²) in [7, 11) is 0. The Bertz CT molecular complexity index is 513. The van der Waals surface area contributed by atoms with Crippen molar-refractivity contribution in [3.8, 4) is 12.1 Å². The summed E-state index contributed by atoms with van der Waals surface area (Å²) in [5.41, 5.74) is 0.952. The van der Waals surface area contributed by atoms with Gasteiger partial charge in [-0.05, 0) is 44.0 Å². The molecule has 1 saturated heterocycles. The molecule has 0 N–H and O–H groups in total. The fraction of sp³-hybridized carbons (Fsp3) is 0.429. The maximum Gasteiger partial charge on any atom is 0.127 e. The Morgan fingerprint density at radius 2 is 2.17 bits per heavy atom. The van der Waals surface area contributed by atoms with Gasteiger partial charge in [-0.2, -0.15) is 10.5 Å². The van der Waals surface area contributed by atoms with Crippen LogP contribution in [0, 0.1) is 28.5 Å². The SMILES string of the molecule is N#Cc1ccc(F)c(CN2CCCCC2C#N)c1. The zero-order chi connectivity index (χ0) is 13.0. The number of hydrogen-bond donors (Lipinski definition) is 0. The molecule has 1 aliphatic rings. The predicted molar refractivity (Wildman–Crippen MR) is 64.8 cm³/mol. The molecule has 1 heterocycles. The highest BCUT2D eigenvalue weighted by Gasteiger charge is 2.22. The Kier molecular flexibility index (Phi) is 3.92. The lowest BCUT2D eigenvalue weighted by molar-refractivity contribution is 0.174. The summed E-state index contributed by atoms with van der Waals surface area (Å²) in [4.78, 5) is 1.99. The number of nitrogens with zero attached hydrogens (tertiary/aromatic N) is 3. The lowest BCUT2D eigenvalue weighted by Crippen LogP contribution is -2.38. The highest BCUT2D eigenvalue weighted by molar-refractivity contribution is 5.33. The summed E-state index contributed by atoms with van der Waals surface area (Å²) in [6, 6.07) is 8.49. The van der Waals surface area contributed by atoms with E-state index in [0.717, 1.165) is 25.8 Å². The third kappa shape index (κ3) is 2.67. The van der Waals surface area contributed by atoms with E-state index in [1.165, 1.54) is 12.1 Å². The first-order valence-electron chi connectivity index (χ1n) is 6.07. The Balaban J connectivity index is 2.18. The van der Waals surface area contributed by atoms with Gasteiger partial charge in [0.05, 0.1) is 23.7 Å². The third-order valence-corrected chi connectivity index (χ3v) is 3.31. The largest absolute Gasteiger partial charge is 0.284 e. The van der Waals surface area contributed by atoms with Crippen LogP contribution in [-0.4, -0.2) is 17.5 Å². The highest BCUT2D eigenvalue weighted by atomic mass is 19.1. The summed E-state index contributed by atoms with van der Waals surface area (Å²) in [5.74, 6) is -0.309. The van der Waals surface area contributed by atoms with Crippen molar-refractivity contribution in [3.63, 3.8) is 0 Å². The smallest absolute Gasteiger partial charge is 0.127 e. The minimum absolute atomic E-state index is 0.135. The van der Waals surface area contributed by atoms with Crippen LogP contribution in [0.25, 0.3) is 0 Å². The number of halogens is 1. The van der Waals surface area contributed by atoms with Crippen molar-refractivity contribution in [1.82, 2.24) is 4.90 Å². The van der Waals surface area contributed by atoms with Gasteiger partial charge < -0.3 is 0 Å². The maximum absolute atomic E-state index is 13.7. The summed E-state index contributed by atoms with van der Waals surface area (Å²) in [6.45, 7) is 1.22. The molecule has 0 radical (unpaired) electrons. The van der Waals surface area contributed by atoms with Gasteiger partial charge in [0.1, 0.15) is 5.82 Å². The molecule has 0 spiro atoms. The summed E-state index contributed by atoms with van der Waals surface area (Å²) in [6.07, 6.45) is 2.93. The van der Waals surface area contributed by atoms with Crippen LogP contribution < -0.4 is 0 Å². The van der Waals surface area contributed by atoms with Crippen LogP contribution in [0.2, 0.25) is 0 Å². The lowest BCUT2D eigenvalue weighted by Gasteiger charge is -2.31. The maximum atomic E-state index is 13.7. The van der Waals surface area contributed by atoms with E-state index >= 15 is 0 Å². The van der Waals surface area contributed by atoms with Crippen LogP contribution in [0.15, 0.2) is 18.2 Å². The molecule has 0 bridgehead atoms. The van der Waals surface area contributed by atoms with Crippen molar-refractivity contribution in [2.24, 2.45) is 0 Å². The monoisotopic (exact) mass is 243 g/mol. The van der Waals surface area contributed by atoms with Crippen LogP contribution in [0.4, 0.5) is 4.39 Å². The summed E-state index contributed by atoms with van der Waals surface area (Å²) < 4.78 is 13.7. The zero-order valence-corrected chi connectivity index (χ0v) is 10.1. The fourth-order valence-electron chi connectivity index (χ4n) is 2.31. The first-order valence-corrected chi connectivity index (χ1v) is 6.07. The molecular weight excluding hydrogens is 229 g/mol. The summed E-state index contributed by atoms with van der Waals surface area (Å²) >= 11 is 0. The van der Waals surface area contributed by atoms with Crippen molar-refractivity contribution in [2.45, 2.75) is 31.8 Å². The van der Waals surface area contributed by atoms with E-state index < -0.39 is 0 Å². The van der Waals surface area contributed by atoms with Crippen LogP contribution >= 0.6 is 0 Å². The molecule has 1 atom stereocenters. The molecule has 2 rings (SSSR count). The average molecular weight is 243 g/mol. The topological polar surface area (TPSA) is 50.8 Å². The number of rotatable bonds is 2. The van der Waals surface area contributed by atoms with Crippen molar-refractivity contribution in [1.29, 1.82) is 10.5 Å².